The third-order valence-electron chi connectivity index (χ3n) is 2.36. The van der Waals surface area contributed by atoms with E-state index in [1.54, 1.807) is 11.0 Å². The summed E-state index contributed by atoms with van der Waals surface area (Å²) in [4.78, 5) is 2.41. The van der Waals surface area contributed by atoms with Gasteiger partial charge in [-0.05, 0) is 16.8 Å². The number of nitrogens with zero attached hydrogens (tertiary/aromatic N) is 5. The molecule has 0 saturated carbocycles. The summed E-state index contributed by atoms with van der Waals surface area (Å²) >= 11 is 0. The highest BCUT2D eigenvalue weighted by Crippen LogP contribution is 1.98. The number of hydrogen-bond acceptors (Lipinski definition) is 5. The molecule has 1 aliphatic heterocycles. The van der Waals surface area contributed by atoms with Crippen LogP contribution in [0.1, 0.15) is 6.42 Å². The van der Waals surface area contributed by atoms with Crippen molar-refractivity contribution in [3.8, 4) is 0 Å². The van der Waals surface area contributed by atoms with Crippen LogP contribution in [-0.2, 0) is 11.3 Å². The lowest BCUT2D eigenvalue weighted by Gasteiger charge is -2.26. The minimum Gasteiger partial charge on any atom is -0.379 e. The van der Waals surface area contributed by atoms with Crippen LogP contribution in [0.3, 0.4) is 0 Å². The number of aryl methyl sites for hydroxylation is 1. The van der Waals surface area contributed by atoms with Gasteiger partial charge in [0.1, 0.15) is 6.33 Å². The highest BCUT2D eigenvalue weighted by molar-refractivity contribution is 4.61. The fraction of sp³-hybridized carbons (Fsp3) is 0.875. The van der Waals surface area contributed by atoms with E-state index < -0.39 is 0 Å². The standard InChI is InChI=1S/C8H15N5O/c1(3-13-8-9-10-11-13)2-12-4-6-14-7-5-12/h8H,1-7H2. The van der Waals surface area contributed by atoms with Crippen LogP contribution in [0.2, 0.25) is 0 Å². The van der Waals surface area contributed by atoms with Crippen LogP contribution in [0.25, 0.3) is 0 Å². The molecule has 0 aliphatic carbocycles. The van der Waals surface area contributed by atoms with Gasteiger partial charge in [-0.25, -0.2) is 4.68 Å². The van der Waals surface area contributed by atoms with Crippen molar-refractivity contribution in [3.05, 3.63) is 6.33 Å². The maximum absolute atomic E-state index is 5.27. The van der Waals surface area contributed by atoms with Gasteiger partial charge in [-0.3, -0.25) is 4.90 Å². The number of aromatic nitrogens is 4. The van der Waals surface area contributed by atoms with E-state index in [9.17, 15) is 0 Å². The lowest BCUT2D eigenvalue weighted by Crippen LogP contribution is -2.37. The molecule has 1 saturated heterocycles. The lowest BCUT2D eigenvalue weighted by atomic mass is 10.3. The van der Waals surface area contributed by atoms with Crippen molar-refractivity contribution >= 4 is 0 Å². The molecule has 14 heavy (non-hydrogen) atoms. The molecule has 6 nitrogen and oxygen atoms in total. The summed E-state index contributed by atoms with van der Waals surface area (Å²) in [7, 11) is 0. The van der Waals surface area contributed by atoms with Crippen LogP contribution in [0, 0.1) is 0 Å². The maximum atomic E-state index is 5.27. The summed E-state index contributed by atoms with van der Waals surface area (Å²) in [5, 5.41) is 11.0. The second kappa shape index (κ2) is 5.02. The molecule has 0 spiro atoms. The summed E-state index contributed by atoms with van der Waals surface area (Å²) in [5.41, 5.74) is 0. The molecular formula is C8H15N5O. The van der Waals surface area contributed by atoms with E-state index in [1.165, 1.54) is 0 Å². The van der Waals surface area contributed by atoms with E-state index >= 15 is 0 Å². The smallest absolute Gasteiger partial charge is 0.138 e. The largest absolute Gasteiger partial charge is 0.379 e. The lowest BCUT2D eigenvalue weighted by molar-refractivity contribution is 0.0368. The molecule has 0 bridgehead atoms. The number of ether oxygens (including phenoxy) is 1. The Labute approximate surface area is 82.8 Å². The summed E-state index contributed by atoms with van der Waals surface area (Å²) in [6.45, 7) is 5.83. The van der Waals surface area contributed by atoms with Crippen LogP contribution >= 0.6 is 0 Å². The molecule has 0 N–H and O–H groups in total. The van der Waals surface area contributed by atoms with Crippen molar-refractivity contribution in [2.45, 2.75) is 13.0 Å². The first-order valence-corrected chi connectivity index (χ1v) is 4.96. The highest BCUT2D eigenvalue weighted by atomic mass is 16.5. The second-order valence-corrected chi connectivity index (χ2v) is 3.38. The Balaban J connectivity index is 1.62. The number of hydrogen-bond donors (Lipinski definition) is 0. The first-order chi connectivity index (χ1) is 6.95. The van der Waals surface area contributed by atoms with Crippen LogP contribution in [0.4, 0.5) is 0 Å². The van der Waals surface area contributed by atoms with Gasteiger partial charge in [0.15, 0.2) is 0 Å². The van der Waals surface area contributed by atoms with E-state index in [0.717, 1.165) is 45.8 Å². The first kappa shape index (κ1) is 9.54. The van der Waals surface area contributed by atoms with Gasteiger partial charge in [-0.15, -0.1) is 5.10 Å². The van der Waals surface area contributed by atoms with Crippen molar-refractivity contribution in [2.75, 3.05) is 32.8 Å². The molecule has 1 aliphatic rings. The van der Waals surface area contributed by atoms with Gasteiger partial charge < -0.3 is 4.74 Å². The molecule has 1 aromatic heterocycles. The zero-order valence-electron chi connectivity index (χ0n) is 8.17. The van der Waals surface area contributed by atoms with Crippen molar-refractivity contribution in [3.63, 3.8) is 0 Å². The fourth-order valence-electron chi connectivity index (χ4n) is 1.56. The van der Waals surface area contributed by atoms with E-state index in [1.807, 2.05) is 0 Å². The van der Waals surface area contributed by atoms with Crippen LogP contribution < -0.4 is 0 Å². The van der Waals surface area contributed by atoms with Crippen LogP contribution in [0.15, 0.2) is 6.33 Å². The van der Waals surface area contributed by atoms with E-state index in [4.69, 9.17) is 4.74 Å². The third kappa shape index (κ3) is 2.74. The maximum Gasteiger partial charge on any atom is 0.138 e. The second-order valence-electron chi connectivity index (χ2n) is 3.38. The molecule has 6 heteroatoms. The number of morpholine rings is 1. The van der Waals surface area contributed by atoms with Crippen molar-refractivity contribution < 1.29 is 4.74 Å². The summed E-state index contributed by atoms with van der Waals surface area (Å²) in [6, 6.07) is 0. The minimum absolute atomic E-state index is 0.866. The summed E-state index contributed by atoms with van der Waals surface area (Å²) < 4.78 is 7.04. The molecule has 1 aromatic rings. The van der Waals surface area contributed by atoms with E-state index in [2.05, 4.69) is 20.4 Å². The Kier molecular flexibility index (Phi) is 3.42. The van der Waals surface area contributed by atoms with Gasteiger partial charge in [0.25, 0.3) is 0 Å². The Hall–Kier alpha value is -1.01. The molecule has 0 amide bonds. The molecule has 0 atom stereocenters. The molecule has 2 rings (SSSR count). The van der Waals surface area contributed by atoms with Crippen molar-refractivity contribution in [2.24, 2.45) is 0 Å². The van der Waals surface area contributed by atoms with Gasteiger partial charge in [-0.2, -0.15) is 0 Å². The predicted molar refractivity (Wildman–Crippen MR) is 49.7 cm³/mol. The van der Waals surface area contributed by atoms with Crippen molar-refractivity contribution in [1.29, 1.82) is 0 Å². The zero-order valence-corrected chi connectivity index (χ0v) is 8.17. The van der Waals surface area contributed by atoms with Gasteiger partial charge >= 0.3 is 0 Å². The molecular weight excluding hydrogens is 182 g/mol. The Morgan fingerprint density at radius 1 is 1.21 bits per heavy atom. The highest BCUT2D eigenvalue weighted by Gasteiger charge is 2.09. The SMILES string of the molecule is c1nnnn1CCCN1CCOCC1. The van der Waals surface area contributed by atoms with Gasteiger partial charge in [-0.1, -0.05) is 0 Å². The number of tetrazole rings is 1. The summed E-state index contributed by atoms with van der Waals surface area (Å²) in [6.07, 6.45) is 2.74. The minimum atomic E-state index is 0.866. The van der Waals surface area contributed by atoms with Crippen LogP contribution in [-0.4, -0.2) is 58.0 Å². The van der Waals surface area contributed by atoms with Crippen LogP contribution in [0.5, 0.6) is 0 Å². The summed E-state index contributed by atoms with van der Waals surface area (Å²) in [5.74, 6) is 0. The topological polar surface area (TPSA) is 56.1 Å². The van der Waals surface area contributed by atoms with E-state index in [-0.39, 0.29) is 0 Å². The Bertz CT molecular complexity index is 244. The normalized spacial score (nSPS) is 18.6. The van der Waals surface area contributed by atoms with Gasteiger partial charge in [0, 0.05) is 26.2 Å². The Morgan fingerprint density at radius 2 is 2.07 bits per heavy atom. The Morgan fingerprint density at radius 3 is 2.79 bits per heavy atom. The molecule has 78 valence electrons. The molecule has 1 fully saturated rings. The van der Waals surface area contributed by atoms with E-state index in [0.29, 0.717) is 0 Å². The quantitative estimate of drug-likeness (QED) is 0.645. The predicted octanol–water partition coefficient (Wildman–Crippen LogP) is -0.605. The molecule has 2 heterocycles. The molecule has 0 unspecified atom stereocenters. The third-order valence-corrected chi connectivity index (χ3v) is 2.36. The van der Waals surface area contributed by atoms with Crippen molar-refractivity contribution in [1.82, 2.24) is 25.1 Å². The zero-order chi connectivity index (χ0) is 9.64. The first-order valence-electron chi connectivity index (χ1n) is 4.96. The average molecular weight is 197 g/mol. The monoisotopic (exact) mass is 197 g/mol. The van der Waals surface area contributed by atoms with Gasteiger partial charge in [0.05, 0.1) is 13.2 Å². The molecule has 0 radical (unpaired) electrons. The van der Waals surface area contributed by atoms with Gasteiger partial charge in [0.2, 0.25) is 0 Å². The fourth-order valence-corrected chi connectivity index (χ4v) is 1.56. The average Bonchev–Trinajstić information content (AvgIpc) is 2.72. The number of rotatable bonds is 4. The molecule has 0 aromatic carbocycles.